The molecule has 1 heterocycles. The number of nitrogens with zero attached hydrogens (tertiary/aromatic N) is 1. The van der Waals surface area contributed by atoms with Gasteiger partial charge in [0, 0.05) is 24.2 Å². The minimum Gasteiger partial charge on any atom is -0.424 e. The van der Waals surface area contributed by atoms with Gasteiger partial charge in [-0.25, -0.2) is 0 Å². The van der Waals surface area contributed by atoms with E-state index in [1.165, 1.54) is 5.56 Å². The number of ether oxygens (including phenoxy) is 1. The zero-order valence-corrected chi connectivity index (χ0v) is 14.1. The van der Waals surface area contributed by atoms with Crippen LogP contribution in [0.25, 0.3) is 10.9 Å². The summed E-state index contributed by atoms with van der Waals surface area (Å²) in [6.45, 7) is 9.06. The van der Waals surface area contributed by atoms with Crippen LogP contribution in [0.1, 0.15) is 33.3 Å². The fraction of sp³-hybridized carbons (Fsp3) is 0.500. The first-order valence-corrected chi connectivity index (χ1v) is 7.91. The van der Waals surface area contributed by atoms with Crippen molar-refractivity contribution in [3.8, 4) is 5.75 Å². The van der Waals surface area contributed by atoms with Crippen molar-refractivity contribution in [1.82, 2.24) is 9.88 Å². The molecule has 0 saturated carbocycles. The Morgan fingerprint density at radius 2 is 2.00 bits per heavy atom. The summed E-state index contributed by atoms with van der Waals surface area (Å²) in [6.07, 6.45) is 2.99. The first-order valence-electron chi connectivity index (χ1n) is 7.91. The molecule has 0 aliphatic carbocycles. The summed E-state index contributed by atoms with van der Waals surface area (Å²) < 4.78 is 5.49. The van der Waals surface area contributed by atoms with Gasteiger partial charge < -0.3 is 14.6 Å². The number of esters is 1. The van der Waals surface area contributed by atoms with Crippen LogP contribution in [0.3, 0.4) is 0 Å². The zero-order chi connectivity index (χ0) is 16.3. The van der Waals surface area contributed by atoms with E-state index >= 15 is 0 Å². The predicted molar refractivity (Wildman–Crippen MR) is 90.2 cm³/mol. The van der Waals surface area contributed by atoms with E-state index in [-0.39, 0.29) is 11.9 Å². The zero-order valence-electron chi connectivity index (χ0n) is 14.1. The molecule has 0 fully saturated rings. The van der Waals surface area contributed by atoms with Crippen molar-refractivity contribution in [1.29, 1.82) is 0 Å². The van der Waals surface area contributed by atoms with Gasteiger partial charge in [-0.3, -0.25) is 4.79 Å². The molecule has 120 valence electrons. The highest BCUT2D eigenvalue weighted by Crippen LogP contribution is 2.28. The number of fused-ring (bicyclic) bond motifs is 1. The van der Waals surface area contributed by atoms with E-state index in [0.29, 0.717) is 11.8 Å². The van der Waals surface area contributed by atoms with Crippen LogP contribution in [-0.4, -0.2) is 35.5 Å². The third-order valence-electron chi connectivity index (χ3n) is 4.06. The van der Waals surface area contributed by atoms with Gasteiger partial charge in [0.05, 0.1) is 11.4 Å². The standard InChI is InChI=1S/C18H26N2O2/c1-12(2)18(21)22-16-8-6-7-15-14(11-19-17(15)16)9-10-20(5)13(3)4/h6-8,11-13,19H,9-10H2,1-5H3. The van der Waals surface area contributed by atoms with Crippen LogP contribution in [0, 0.1) is 5.92 Å². The molecule has 0 bridgehead atoms. The summed E-state index contributed by atoms with van der Waals surface area (Å²) >= 11 is 0. The summed E-state index contributed by atoms with van der Waals surface area (Å²) in [5.41, 5.74) is 2.16. The molecule has 0 amide bonds. The Bertz CT molecular complexity index is 644. The number of H-pyrrole nitrogens is 1. The number of hydrogen-bond acceptors (Lipinski definition) is 3. The van der Waals surface area contributed by atoms with Crippen molar-refractivity contribution in [3.63, 3.8) is 0 Å². The van der Waals surface area contributed by atoms with E-state index in [9.17, 15) is 4.79 Å². The van der Waals surface area contributed by atoms with Gasteiger partial charge in [-0.2, -0.15) is 0 Å². The number of nitrogens with one attached hydrogen (secondary N) is 1. The number of aromatic nitrogens is 1. The largest absolute Gasteiger partial charge is 0.424 e. The Morgan fingerprint density at radius 3 is 2.64 bits per heavy atom. The third kappa shape index (κ3) is 3.69. The molecule has 0 unspecified atom stereocenters. The van der Waals surface area contributed by atoms with E-state index in [4.69, 9.17) is 4.74 Å². The van der Waals surface area contributed by atoms with E-state index in [1.807, 2.05) is 32.2 Å². The average molecular weight is 302 g/mol. The summed E-state index contributed by atoms with van der Waals surface area (Å²) in [6, 6.07) is 6.38. The minimum atomic E-state index is -0.205. The molecule has 1 aromatic carbocycles. The number of benzene rings is 1. The average Bonchev–Trinajstić information content (AvgIpc) is 2.88. The fourth-order valence-electron chi connectivity index (χ4n) is 2.26. The molecule has 0 radical (unpaired) electrons. The molecule has 0 saturated heterocycles. The quantitative estimate of drug-likeness (QED) is 0.655. The van der Waals surface area contributed by atoms with E-state index in [2.05, 4.69) is 36.8 Å². The van der Waals surface area contributed by atoms with Gasteiger partial charge in [0.25, 0.3) is 0 Å². The number of para-hydroxylation sites is 1. The van der Waals surface area contributed by atoms with Crippen molar-refractivity contribution >= 4 is 16.9 Å². The number of rotatable bonds is 6. The second-order valence-corrected chi connectivity index (χ2v) is 6.39. The number of likely N-dealkylation sites (N-methyl/N-ethyl adjacent to an activating group) is 1. The van der Waals surface area contributed by atoms with Gasteiger partial charge >= 0.3 is 5.97 Å². The Morgan fingerprint density at radius 1 is 1.27 bits per heavy atom. The molecule has 0 aliphatic heterocycles. The maximum atomic E-state index is 11.8. The summed E-state index contributed by atoms with van der Waals surface area (Å²) in [5.74, 6) is 0.271. The molecular weight excluding hydrogens is 276 g/mol. The van der Waals surface area contributed by atoms with Gasteiger partial charge in [0.1, 0.15) is 0 Å². The van der Waals surface area contributed by atoms with Gasteiger partial charge in [0.2, 0.25) is 0 Å². The lowest BCUT2D eigenvalue weighted by atomic mass is 10.1. The minimum absolute atomic E-state index is 0.135. The highest BCUT2D eigenvalue weighted by atomic mass is 16.5. The van der Waals surface area contributed by atoms with Gasteiger partial charge in [-0.1, -0.05) is 26.0 Å². The van der Waals surface area contributed by atoms with Crippen molar-refractivity contribution in [2.75, 3.05) is 13.6 Å². The maximum absolute atomic E-state index is 11.8. The Kier molecular flexibility index (Phi) is 5.24. The molecule has 1 N–H and O–H groups in total. The Balaban J connectivity index is 2.20. The molecule has 0 spiro atoms. The topological polar surface area (TPSA) is 45.3 Å². The lowest BCUT2D eigenvalue weighted by Crippen LogP contribution is -2.28. The van der Waals surface area contributed by atoms with Crippen molar-refractivity contribution in [2.45, 2.75) is 40.2 Å². The van der Waals surface area contributed by atoms with Gasteiger partial charge in [0.15, 0.2) is 5.75 Å². The lowest BCUT2D eigenvalue weighted by molar-refractivity contribution is -0.137. The molecular formula is C18H26N2O2. The highest BCUT2D eigenvalue weighted by molar-refractivity contribution is 5.90. The third-order valence-corrected chi connectivity index (χ3v) is 4.06. The summed E-state index contributed by atoms with van der Waals surface area (Å²) in [4.78, 5) is 17.4. The number of carbonyl (C=O) groups excluding carboxylic acids is 1. The predicted octanol–water partition coefficient (Wildman–Crippen LogP) is 3.61. The smallest absolute Gasteiger partial charge is 0.313 e. The molecule has 0 atom stereocenters. The molecule has 4 nitrogen and oxygen atoms in total. The normalized spacial score (nSPS) is 11.8. The molecule has 1 aromatic heterocycles. The van der Waals surface area contributed by atoms with Crippen LogP contribution in [0.15, 0.2) is 24.4 Å². The van der Waals surface area contributed by atoms with E-state index in [1.54, 1.807) is 0 Å². The molecule has 0 aliphatic rings. The van der Waals surface area contributed by atoms with Crippen LogP contribution >= 0.6 is 0 Å². The van der Waals surface area contributed by atoms with Gasteiger partial charge in [-0.05, 0) is 38.9 Å². The van der Waals surface area contributed by atoms with Crippen LogP contribution in [0.5, 0.6) is 5.75 Å². The summed E-state index contributed by atoms with van der Waals surface area (Å²) in [5, 5.41) is 1.13. The number of hydrogen-bond donors (Lipinski definition) is 1. The monoisotopic (exact) mass is 302 g/mol. The van der Waals surface area contributed by atoms with E-state index in [0.717, 1.165) is 23.9 Å². The second kappa shape index (κ2) is 6.97. The first-order chi connectivity index (χ1) is 10.4. The molecule has 2 rings (SSSR count). The Labute approximate surface area is 132 Å². The van der Waals surface area contributed by atoms with Crippen LogP contribution in [-0.2, 0) is 11.2 Å². The van der Waals surface area contributed by atoms with E-state index < -0.39 is 0 Å². The molecule has 2 aromatic rings. The van der Waals surface area contributed by atoms with Crippen molar-refractivity contribution < 1.29 is 9.53 Å². The molecule has 4 heteroatoms. The highest BCUT2D eigenvalue weighted by Gasteiger charge is 2.14. The van der Waals surface area contributed by atoms with Crippen molar-refractivity contribution in [3.05, 3.63) is 30.0 Å². The first kappa shape index (κ1) is 16.6. The SMILES string of the molecule is CC(C)C(=O)Oc1cccc2c(CCN(C)C(C)C)c[nH]c12. The summed E-state index contributed by atoms with van der Waals surface area (Å²) in [7, 11) is 2.13. The number of aromatic amines is 1. The maximum Gasteiger partial charge on any atom is 0.313 e. The fourth-order valence-corrected chi connectivity index (χ4v) is 2.26. The second-order valence-electron chi connectivity index (χ2n) is 6.39. The van der Waals surface area contributed by atoms with Crippen LogP contribution < -0.4 is 4.74 Å². The van der Waals surface area contributed by atoms with Gasteiger partial charge in [-0.15, -0.1) is 0 Å². The van der Waals surface area contributed by atoms with Crippen molar-refractivity contribution in [2.24, 2.45) is 5.92 Å². The Hall–Kier alpha value is -1.81. The van der Waals surface area contributed by atoms with Crippen LogP contribution in [0.4, 0.5) is 0 Å². The number of carbonyl (C=O) groups is 1. The lowest BCUT2D eigenvalue weighted by Gasteiger charge is -2.20. The van der Waals surface area contributed by atoms with Crippen LogP contribution in [0.2, 0.25) is 0 Å². The molecule has 22 heavy (non-hydrogen) atoms.